The standard InChI is InChI=1S/C37H35N5O11/c38-37-40-34-26(35(50)41-37)39-15-42(34)22-10-4-3-9-19(22)24-16(6-5-11-43)13-51-14-23-29(46)31(48)32(49)36(52-23)53-33-21(24)12-20-25(30(33)47)28(45)18-8-2-1-7-17(18)27(20)44/h1-4,7-10,12,16,23-24,29,31-32,36,43,46-49H,5-6,11,13-15H2,(H2,38,41,50). The zero-order valence-corrected chi connectivity index (χ0v) is 28.0. The first-order chi connectivity index (χ1) is 25.6. The molecule has 16 nitrogen and oxygen atoms in total. The number of carbonyl (C=O) groups excluding carboxylic acids is 3. The summed E-state index contributed by atoms with van der Waals surface area (Å²) in [6.07, 6.45) is -7.32. The van der Waals surface area contributed by atoms with Crippen molar-refractivity contribution in [3.05, 3.63) is 88.0 Å². The number of phenolic OH excluding ortho intramolecular Hbond substituents is 1. The van der Waals surface area contributed by atoms with E-state index >= 15 is 0 Å². The van der Waals surface area contributed by atoms with Crippen LogP contribution < -0.4 is 15.4 Å². The molecule has 4 heterocycles. The number of phenols is 1. The number of aliphatic hydroxyl groups is 4. The number of hydrogen-bond donors (Lipinski definition) is 6. The van der Waals surface area contributed by atoms with E-state index in [0.29, 0.717) is 24.1 Å². The van der Waals surface area contributed by atoms with Crippen LogP contribution >= 0.6 is 0 Å². The van der Waals surface area contributed by atoms with Crippen molar-refractivity contribution in [1.29, 1.82) is 0 Å². The first-order valence-corrected chi connectivity index (χ1v) is 17.1. The van der Waals surface area contributed by atoms with Crippen molar-refractivity contribution in [2.24, 2.45) is 26.6 Å². The third-order valence-corrected chi connectivity index (χ3v) is 10.3. The summed E-state index contributed by atoms with van der Waals surface area (Å²) in [6, 6.07) is 14.8. The van der Waals surface area contributed by atoms with Crippen molar-refractivity contribution in [1.82, 2.24) is 0 Å². The molecule has 0 radical (unpaired) electrons. The van der Waals surface area contributed by atoms with Gasteiger partial charge in [-0.1, -0.05) is 42.5 Å². The van der Waals surface area contributed by atoms with Crippen LogP contribution in [-0.2, 0) is 14.3 Å². The number of fused-ring (bicyclic) bond motifs is 6. The first-order valence-electron chi connectivity index (χ1n) is 17.1. The van der Waals surface area contributed by atoms with Crippen molar-refractivity contribution >= 4 is 40.7 Å². The summed E-state index contributed by atoms with van der Waals surface area (Å²) in [4.78, 5) is 54.9. The number of amides is 1. The maximum atomic E-state index is 14.1. The predicted molar refractivity (Wildman–Crippen MR) is 186 cm³/mol. The van der Waals surface area contributed by atoms with Gasteiger partial charge in [-0.15, -0.1) is 0 Å². The number of guanidine groups is 1. The molecule has 3 aromatic carbocycles. The van der Waals surface area contributed by atoms with Gasteiger partial charge in [0.2, 0.25) is 12.2 Å². The van der Waals surface area contributed by atoms with E-state index in [-0.39, 0.29) is 77.6 Å². The average molecular weight is 726 g/mol. The Morgan fingerprint density at radius 2 is 1.60 bits per heavy atom. The van der Waals surface area contributed by atoms with Crippen LogP contribution in [0.15, 0.2) is 69.6 Å². The second-order valence-corrected chi connectivity index (χ2v) is 13.4. The minimum absolute atomic E-state index is 0.0188. The van der Waals surface area contributed by atoms with Gasteiger partial charge in [-0.2, -0.15) is 9.98 Å². The van der Waals surface area contributed by atoms with Crippen molar-refractivity contribution < 1.29 is 54.1 Å². The number of ether oxygens (including phenoxy) is 3. The number of ketones is 2. The summed E-state index contributed by atoms with van der Waals surface area (Å²) in [7, 11) is 0. The number of amidine groups is 1. The second kappa shape index (κ2) is 13.6. The van der Waals surface area contributed by atoms with Crippen LogP contribution in [0, 0.1) is 5.92 Å². The molecule has 4 aliphatic heterocycles. The Morgan fingerprint density at radius 3 is 2.38 bits per heavy atom. The Morgan fingerprint density at radius 1 is 0.868 bits per heavy atom. The largest absolute Gasteiger partial charge is 0.504 e. The molecule has 0 aromatic heterocycles. The summed E-state index contributed by atoms with van der Waals surface area (Å²) in [5.74, 6) is -4.30. The van der Waals surface area contributed by atoms with Crippen LogP contribution in [0.4, 0.5) is 5.69 Å². The lowest BCUT2D eigenvalue weighted by atomic mass is 9.74. The molecule has 7 atom stereocenters. The molecule has 53 heavy (non-hydrogen) atoms. The first kappa shape index (κ1) is 34.7. The number of benzene rings is 3. The highest BCUT2D eigenvalue weighted by Crippen LogP contribution is 2.51. The van der Waals surface area contributed by atoms with Gasteiger partial charge >= 0.3 is 5.91 Å². The van der Waals surface area contributed by atoms with Crippen LogP contribution in [0.2, 0.25) is 0 Å². The van der Waals surface area contributed by atoms with E-state index in [1.807, 2.05) is 0 Å². The molecule has 1 saturated heterocycles. The minimum atomic E-state index is -1.81. The van der Waals surface area contributed by atoms with Gasteiger partial charge in [-0.3, -0.25) is 19.4 Å². The van der Waals surface area contributed by atoms with Crippen molar-refractivity contribution in [2.75, 3.05) is 31.4 Å². The number of aliphatic hydroxyl groups excluding tert-OH is 4. The van der Waals surface area contributed by atoms with Gasteiger partial charge in [0, 0.05) is 40.5 Å². The highest BCUT2D eigenvalue weighted by molar-refractivity contribution is 6.72. The van der Waals surface area contributed by atoms with Gasteiger partial charge in [0.15, 0.2) is 34.6 Å². The fraction of sp³-hybridized carbons (Fsp3) is 0.351. The molecule has 16 heteroatoms. The number of rotatable bonds is 5. The number of aromatic hydroxyl groups is 1. The van der Waals surface area contributed by atoms with Crippen LogP contribution in [0.3, 0.4) is 0 Å². The zero-order chi connectivity index (χ0) is 37.1. The molecular weight excluding hydrogens is 690 g/mol. The lowest BCUT2D eigenvalue weighted by molar-refractivity contribution is -0.280. The maximum Gasteiger partial charge on any atom is 0.302 e. The number of nitrogens with two attached hydrogens (primary N) is 1. The quantitative estimate of drug-likeness (QED) is 0.163. The number of para-hydroxylation sites is 1. The molecule has 8 rings (SSSR count). The highest BCUT2D eigenvalue weighted by atomic mass is 16.7. The molecular formula is C37H35N5O11. The van der Waals surface area contributed by atoms with Gasteiger partial charge in [0.05, 0.1) is 18.8 Å². The van der Waals surface area contributed by atoms with E-state index in [4.69, 9.17) is 19.9 Å². The van der Waals surface area contributed by atoms with Crippen LogP contribution in [0.5, 0.6) is 11.5 Å². The van der Waals surface area contributed by atoms with Crippen molar-refractivity contribution in [2.45, 2.75) is 49.5 Å². The summed E-state index contributed by atoms with van der Waals surface area (Å²) in [5.41, 5.74) is 6.99. The third kappa shape index (κ3) is 5.70. The lowest BCUT2D eigenvalue weighted by Crippen LogP contribution is -2.60. The molecule has 0 spiro atoms. The summed E-state index contributed by atoms with van der Waals surface area (Å²) in [5, 5.41) is 54.8. The Kier molecular flexibility index (Phi) is 8.88. The van der Waals surface area contributed by atoms with Crippen LogP contribution in [0.1, 0.15) is 61.7 Å². The molecule has 5 aliphatic rings. The zero-order valence-electron chi connectivity index (χ0n) is 28.0. The van der Waals surface area contributed by atoms with Gasteiger partial charge in [-0.05, 0) is 36.5 Å². The lowest BCUT2D eigenvalue weighted by Gasteiger charge is -2.40. The van der Waals surface area contributed by atoms with Gasteiger partial charge in [0.25, 0.3) is 0 Å². The minimum Gasteiger partial charge on any atom is -0.504 e. The van der Waals surface area contributed by atoms with Crippen LogP contribution in [-0.4, -0.2) is 118 Å². The molecule has 2 bridgehead atoms. The Labute approximate surface area is 301 Å². The summed E-state index contributed by atoms with van der Waals surface area (Å²) < 4.78 is 18.3. The normalized spacial score (nSPS) is 28.0. The second-order valence-electron chi connectivity index (χ2n) is 13.4. The van der Waals surface area contributed by atoms with E-state index in [1.54, 1.807) is 41.3 Å². The van der Waals surface area contributed by atoms with E-state index in [0.717, 1.165) is 0 Å². The number of nitrogens with zero attached hydrogens (tertiary/aromatic N) is 4. The molecule has 0 saturated carbocycles. The smallest absolute Gasteiger partial charge is 0.302 e. The van der Waals surface area contributed by atoms with Gasteiger partial charge in [0.1, 0.15) is 31.1 Å². The monoisotopic (exact) mass is 725 g/mol. The van der Waals surface area contributed by atoms with Crippen molar-refractivity contribution in [3.63, 3.8) is 0 Å². The molecule has 3 aromatic rings. The van der Waals surface area contributed by atoms with E-state index in [2.05, 4.69) is 15.0 Å². The Bertz CT molecular complexity index is 2130. The Hall–Kier alpha value is -5.36. The van der Waals surface area contributed by atoms with Crippen molar-refractivity contribution in [3.8, 4) is 11.5 Å². The van der Waals surface area contributed by atoms with E-state index in [1.165, 1.54) is 18.2 Å². The number of anilines is 1. The number of carbonyl (C=O) groups is 3. The van der Waals surface area contributed by atoms with Crippen LogP contribution in [0.25, 0.3) is 0 Å². The molecule has 1 amide bonds. The fourth-order valence-corrected chi connectivity index (χ4v) is 7.73. The summed E-state index contributed by atoms with van der Waals surface area (Å²) in [6.45, 7) is -0.463. The fourth-order valence-electron chi connectivity index (χ4n) is 7.73. The molecule has 1 fully saturated rings. The van der Waals surface area contributed by atoms with E-state index in [9.17, 15) is 39.9 Å². The predicted octanol–water partition coefficient (Wildman–Crippen LogP) is 0.377. The Balaban J connectivity index is 1.38. The third-order valence-electron chi connectivity index (χ3n) is 10.3. The highest BCUT2D eigenvalue weighted by Gasteiger charge is 2.48. The number of hydrogen-bond acceptors (Lipinski definition) is 15. The molecule has 7 unspecified atom stereocenters. The van der Waals surface area contributed by atoms with Gasteiger partial charge < -0.3 is 50.4 Å². The molecule has 7 N–H and O–H groups in total. The maximum absolute atomic E-state index is 14.1. The van der Waals surface area contributed by atoms with E-state index < -0.39 is 65.8 Å². The number of aliphatic imine (C=N–C) groups is 3. The SMILES string of the molecule is NC1=NC(=O)C2=NCN(c3ccccc3C3c4cc5c(c(O)c4OC4OC(COCC3CCCO)C(O)C(O)C4O)C(=O)c3ccccc3C5=O)C2=N1. The molecule has 274 valence electrons. The molecule has 1 aliphatic carbocycles. The van der Waals surface area contributed by atoms with Gasteiger partial charge in [-0.25, -0.2) is 0 Å². The topological polar surface area (TPSA) is 246 Å². The summed E-state index contributed by atoms with van der Waals surface area (Å²) >= 11 is 0. The average Bonchev–Trinajstić information content (AvgIpc) is 3.57.